The molecule has 1 aliphatic heterocycles. The van der Waals surface area contributed by atoms with E-state index in [0.29, 0.717) is 6.04 Å². The van der Waals surface area contributed by atoms with E-state index in [1.807, 2.05) is 30.3 Å². The summed E-state index contributed by atoms with van der Waals surface area (Å²) in [7, 11) is 0. The highest BCUT2D eigenvalue weighted by Crippen LogP contribution is 2.18. The van der Waals surface area contributed by atoms with Crippen LogP contribution in [0.15, 0.2) is 30.3 Å². The molecular weight excluding hydrogens is 210 g/mol. The maximum absolute atomic E-state index is 10.1. The summed E-state index contributed by atoms with van der Waals surface area (Å²) >= 11 is 0. The van der Waals surface area contributed by atoms with Gasteiger partial charge in [0.05, 0.1) is 6.54 Å². The zero-order valence-electron chi connectivity index (χ0n) is 8.77. The van der Waals surface area contributed by atoms with Crippen LogP contribution < -0.4 is 17.7 Å². The van der Waals surface area contributed by atoms with Gasteiger partial charge in [-0.3, -0.25) is 0 Å². The second-order valence-electron chi connectivity index (χ2n) is 4.04. The molecule has 3 N–H and O–H groups in total. The fourth-order valence-electron chi connectivity index (χ4n) is 2.16. The molecule has 0 radical (unpaired) electrons. The summed E-state index contributed by atoms with van der Waals surface area (Å²) in [4.78, 5) is 0. The van der Waals surface area contributed by atoms with Crippen molar-refractivity contribution < 1.29 is 22.8 Å². The van der Waals surface area contributed by atoms with Gasteiger partial charge in [-0.25, -0.2) is 0 Å². The number of rotatable bonds is 2. The van der Waals surface area contributed by atoms with Crippen LogP contribution in [-0.4, -0.2) is 17.7 Å². The Morgan fingerprint density at radius 3 is 2.53 bits per heavy atom. The molecule has 0 bridgehead atoms. The van der Waals surface area contributed by atoms with Crippen LogP contribution in [0.1, 0.15) is 30.9 Å². The molecule has 2 atom stereocenters. The largest absolute Gasteiger partial charge is 1.00 e. The van der Waals surface area contributed by atoms with Gasteiger partial charge in [0.1, 0.15) is 12.1 Å². The lowest BCUT2D eigenvalue weighted by Crippen LogP contribution is -3.00. The molecule has 3 heteroatoms. The second kappa shape index (κ2) is 6.11. The first-order valence-corrected chi connectivity index (χ1v) is 5.44. The topological polar surface area (TPSA) is 36.8 Å². The second-order valence-corrected chi connectivity index (χ2v) is 4.04. The van der Waals surface area contributed by atoms with E-state index in [-0.39, 0.29) is 18.5 Å². The van der Waals surface area contributed by atoms with Crippen LogP contribution in [0.3, 0.4) is 0 Å². The molecule has 2 unspecified atom stereocenters. The highest BCUT2D eigenvalue weighted by molar-refractivity contribution is 5.18. The Hall–Kier alpha value is -0.570. The van der Waals surface area contributed by atoms with Crippen molar-refractivity contribution in [3.05, 3.63) is 35.9 Å². The van der Waals surface area contributed by atoms with Gasteiger partial charge in [-0.05, 0) is 18.4 Å². The van der Waals surface area contributed by atoms with Crippen molar-refractivity contribution in [3.8, 4) is 0 Å². The van der Waals surface area contributed by atoms with Crippen molar-refractivity contribution in [3.63, 3.8) is 0 Å². The first-order valence-electron chi connectivity index (χ1n) is 5.44. The van der Waals surface area contributed by atoms with E-state index in [9.17, 15) is 5.11 Å². The number of hydrogen-bond donors (Lipinski definition) is 2. The highest BCUT2D eigenvalue weighted by Gasteiger charge is 2.25. The van der Waals surface area contributed by atoms with Gasteiger partial charge in [0.2, 0.25) is 0 Å². The maximum atomic E-state index is 10.1. The van der Waals surface area contributed by atoms with E-state index in [0.717, 1.165) is 18.5 Å². The average molecular weight is 228 g/mol. The van der Waals surface area contributed by atoms with E-state index in [1.54, 1.807) is 0 Å². The number of aliphatic hydroxyl groups excluding tert-OH is 1. The van der Waals surface area contributed by atoms with E-state index in [4.69, 9.17) is 0 Å². The number of nitrogens with two attached hydrogens (primary N) is 1. The molecule has 15 heavy (non-hydrogen) atoms. The zero-order valence-corrected chi connectivity index (χ0v) is 9.53. The molecule has 1 aromatic carbocycles. The summed E-state index contributed by atoms with van der Waals surface area (Å²) in [6.07, 6.45) is 3.38. The molecule has 0 aromatic heterocycles. The molecule has 1 heterocycles. The van der Waals surface area contributed by atoms with Gasteiger partial charge >= 0.3 is 0 Å². The van der Waals surface area contributed by atoms with Crippen molar-refractivity contribution in [1.29, 1.82) is 0 Å². The van der Waals surface area contributed by atoms with Gasteiger partial charge in [0, 0.05) is 6.42 Å². The minimum atomic E-state index is -0.295. The van der Waals surface area contributed by atoms with Crippen molar-refractivity contribution in [1.82, 2.24) is 0 Å². The number of piperidine rings is 1. The quantitative estimate of drug-likeness (QED) is 0.594. The Kier molecular flexibility index (Phi) is 5.09. The lowest BCUT2D eigenvalue weighted by Gasteiger charge is -2.24. The van der Waals surface area contributed by atoms with Gasteiger partial charge in [0.15, 0.2) is 0 Å². The minimum Gasteiger partial charge on any atom is -1.00 e. The molecule has 0 saturated carbocycles. The Morgan fingerprint density at radius 2 is 1.93 bits per heavy atom. The van der Waals surface area contributed by atoms with E-state index < -0.39 is 0 Å². The van der Waals surface area contributed by atoms with E-state index in [2.05, 4.69) is 5.32 Å². The third-order valence-electron chi connectivity index (χ3n) is 3.01. The first-order chi connectivity index (χ1) is 6.88. The average Bonchev–Trinajstić information content (AvgIpc) is 2.30. The summed E-state index contributed by atoms with van der Waals surface area (Å²) in [5.41, 5.74) is 1.05. The predicted octanol–water partition coefficient (Wildman–Crippen LogP) is -2.16. The van der Waals surface area contributed by atoms with E-state index in [1.165, 1.54) is 12.8 Å². The Morgan fingerprint density at radius 1 is 1.20 bits per heavy atom. The van der Waals surface area contributed by atoms with Gasteiger partial charge < -0.3 is 22.8 Å². The number of quaternary nitrogens is 1. The van der Waals surface area contributed by atoms with Gasteiger partial charge in [0.25, 0.3) is 0 Å². The number of halogens is 1. The fourth-order valence-corrected chi connectivity index (χ4v) is 2.16. The molecule has 0 spiro atoms. The fraction of sp³-hybridized carbons (Fsp3) is 0.500. The van der Waals surface area contributed by atoms with Crippen LogP contribution in [0.4, 0.5) is 0 Å². The van der Waals surface area contributed by atoms with Crippen molar-refractivity contribution in [2.75, 3.05) is 6.54 Å². The molecule has 0 aliphatic carbocycles. The SMILES string of the molecule is OC(c1ccccc1)C1CCCC[NH2+]1.[Cl-]. The van der Waals surface area contributed by atoms with Gasteiger partial charge in [-0.1, -0.05) is 30.3 Å². The van der Waals surface area contributed by atoms with Crippen molar-refractivity contribution in [2.45, 2.75) is 31.4 Å². The molecule has 2 nitrogen and oxygen atoms in total. The van der Waals surface area contributed by atoms with Crippen LogP contribution in [0.2, 0.25) is 0 Å². The molecule has 1 saturated heterocycles. The lowest BCUT2D eigenvalue weighted by molar-refractivity contribution is -0.705. The monoisotopic (exact) mass is 227 g/mol. The van der Waals surface area contributed by atoms with Crippen LogP contribution in [0, 0.1) is 0 Å². The van der Waals surface area contributed by atoms with Crippen LogP contribution in [0.25, 0.3) is 0 Å². The molecule has 84 valence electrons. The van der Waals surface area contributed by atoms with Gasteiger partial charge in [-0.15, -0.1) is 0 Å². The summed E-state index contributed by atoms with van der Waals surface area (Å²) in [6.45, 7) is 1.16. The van der Waals surface area contributed by atoms with Crippen LogP contribution >= 0.6 is 0 Å². The van der Waals surface area contributed by atoms with Crippen molar-refractivity contribution in [2.24, 2.45) is 0 Å². The van der Waals surface area contributed by atoms with Crippen LogP contribution in [0.5, 0.6) is 0 Å². The first kappa shape index (κ1) is 12.5. The Bertz CT molecular complexity index is 272. The molecular formula is C12H18ClNO. The number of benzene rings is 1. The summed E-state index contributed by atoms with van der Waals surface area (Å²) in [6, 6.07) is 10.3. The normalized spacial score (nSPS) is 22.9. The molecule has 0 amide bonds. The zero-order chi connectivity index (χ0) is 9.80. The highest BCUT2D eigenvalue weighted by atomic mass is 35.5. The summed E-state index contributed by atoms with van der Waals surface area (Å²) < 4.78 is 0. The van der Waals surface area contributed by atoms with E-state index >= 15 is 0 Å². The summed E-state index contributed by atoms with van der Waals surface area (Å²) in [5, 5.41) is 12.4. The molecule has 1 fully saturated rings. The molecule has 1 aromatic rings. The minimum absolute atomic E-state index is 0. The van der Waals surface area contributed by atoms with Gasteiger partial charge in [-0.2, -0.15) is 0 Å². The number of hydrogen-bond acceptors (Lipinski definition) is 1. The Labute approximate surface area is 97.1 Å². The standard InChI is InChI=1S/C12H17NO.ClH/c14-12(10-6-2-1-3-7-10)11-8-4-5-9-13-11;/h1-3,6-7,11-14H,4-5,8-9H2;1H. The summed E-state index contributed by atoms with van der Waals surface area (Å²) in [5.74, 6) is 0. The molecule has 2 rings (SSSR count). The number of aliphatic hydroxyl groups is 1. The van der Waals surface area contributed by atoms with Crippen LogP contribution in [-0.2, 0) is 0 Å². The third kappa shape index (κ3) is 3.20. The predicted molar refractivity (Wildman–Crippen MR) is 55.8 cm³/mol. The maximum Gasteiger partial charge on any atom is 0.131 e. The lowest BCUT2D eigenvalue weighted by atomic mass is 9.95. The van der Waals surface area contributed by atoms with Crippen molar-refractivity contribution >= 4 is 0 Å². The molecule has 1 aliphatic rings. The Balaban J connectivity index is 0.00000112. The third-order valence-corrected chi connectivity index (χ3v) is 3.01. The smallest absolute Gasteiger partial charge is 0.131 e.